The van der Waals surface area contributed by atoms with Gasteiger partial charge in [-0.25, -0.2) is 0 Å². The van der Waals surface area contributed by atoms with Crippen molar-refractivity contribution in [1.82, 2.24) is 15.1 Å². The van der Waals surface area contributed by atoms with Crippen molar-refractivity contribution in [3.05, 3.63) is 0 Å². The lowest BCUT2D eigenvalue weighted by molar-refractivity contribution is 0.144. The summed E-state index contributed by atoms with van der Waals surface area (Å²) in [5.41, 5.74) is 0.572. The Morgan fingerprint density at radius 1 is 1.22 bits per heavy atom. The molecule has 2 bridgehead atoms. The van der Waals surface area contributed by atoms with Crippen molar-refractivity contribution in [2.24, 2.45) is 5.41 Å². The van der Waals surface area contributed by atoms with Gasteiger partial charge in [-0.2, -0.15) is 0 Å². The minimum Gasteiger partial charge on any atom is -0.316 e. The fourth-order valence-corrected chi connectivity index (χ4v) is 4.34. The van der Waals surface area contributed by atoms with Gasteiger partial charge in [0.25, 0.3) is 0 Å². The molecule has 3 rings (SSSR count). The Balaban J connectivity index is 1.63. The minimum atomic E-state index is 0.572. The largest absolute Gasteiger partial charge is 0.316 e. The van der Waals surface area contributed by atoms with Gasteiger partial charge >= 0.3 is 0 Å². The van der Waals surface area contributed by atoms with E-state index in [1.807, 2.05) is 0 Å². The highest BCUT2D eigenvalue weighted by atomic mass is 15.3. The molecule has 0 aromatic carbocycles. The lowest BCUT2D eigenvalue weighted by atomic mass is 9.83. The molecule has 3 aliphatic heterocycles. The highest BCUT2D eigenvalue weighted by molar-refractivity contribution is 4.95. The van der Waals surface area contributed by atoms with Crippen LogP contribution in [0.3, 0.4) is 0 Å². The maximum absolute atomic E-state index is 3.57. The smallest absolute Gasteiger partial charge is 0.0223 e. The lowest BCUT2D eigenvalue weighted by Crippen LogP contribution is -2.43. The average molecular weight is 251 g/mol. The van der Waals surface area contributed by atoms with Crippen molar-refractivity contribution in [1.29, 1.82) is 0 Å². The highest BCUT2D eigenvalue weighted by Gasteiger charge is 2.38. The molecule has 3 saturated heterocycles. The summed E-state index contributed by atoms with van der Waals surface area (Å²) < 4.78 is 0. The number of nitrogens with one attached hydrogen (secondary N) is 1. The molecule has 104 valence electrons. The molecule has 1 N–H and O–H groups in total. The summed E-state index contributed by atoms with van der Waals surface area (Å²) >= 11 is 0. The Bertz CT molecular complexity index is 285. The van der Waals surface area contributed by atoms with Gasteiger partial charge in [-0.3, -0.25) is 4.90 Å². The van der Waals surface area contributed by atoms with Gasteiger partial charge in [0.2, 0.25) is 0 Å². The Kier molecular flexibility index (Phi) is 3.65. The summed E-state index contributed by atoms with van der Waals surface area (Å²) in [6.07, 6.45) is 6.97. The van der Waals surface area contributed by atoms with Crippen molar-refractivity contribution in [2.75, 3.05) is 39.8 Å². The topological polar surface area (TPSA) is 18.5 Å². The summed E-state index contributed by atoms with van der Waals surface area (Å²) in [5.74, 6) is 0. The van der Waals surface area contributed by atoms with E-state index in [0.717, 1.165) is 12.1 Å². The summed E-state index contributed by atoms with van der Waals surface area (Å²) in [6.45, 7) is 8.82. The zero-order chi connectivity index (χ0) is 12.6. The molecule has 0 radical (unpaired) electrons. The Labute approximate surface area is 112 Å². The van der Waals surface area contributed by atoms with E-state index in [-0.39, 0.29) is 0 Å². The van der Waals surface area contributed by atoms with Crippen LogP contribution in [0.15, 0.2) is 0 Å². The Morgan fingerprint density at radius 2 is 2.06 bits per heavy atom. The number of nitrogens with zero attached hydrogens (tertiary/aromatic N) is 2. The van der Waals surface area contributed by atoms with Gasteiger partial charge in [0.05, 0.1) is 0 Å². The van der Waals surface area contributed by atoms with E-state index < -0.39 is 0 Å². The second kappa shape index (κ2) is 5.10. The predicted octanol–water partition coefficient (Wildman–Crippen LogP) is 1.54. The lowest BCUT2D eigenvalue weighted by Gasteiger charge is -2.35. The molecule has 0 spiro atoms. The van der Waals surface area contributed by atoms with Gasteiger partial charge in [-0.05, 0) is 57.7 Å². The van der Waals surface area contributed by atoms with Gasteiger partial charge in [-0.1, -0.05) is 6.92 Å². The molecule has 3 nitrogen and oxygen atoms in total. The van der Waals surface area contributed by atoms with Crippen LogP contribution in [0, 0.1) is 5.41 Å². The van der Waals surface area contributed by atoms with Crippen LogP contribution in [0.25, 0.3) is 0 Å². The first kappa shape index (κ1) is 12.9. The van der Waals surface area contributed by atoms with E-state index in [1.54, 1.807) is 0 Å². The highest BCUT2D eigenvalue weighted by Crippen LogP contribution is 2.33. The van der Waals surface area contributed by atoms with E-state index in [0.29, 0.717) is 5.41 Å². The average Bonchev–Trinajstić information content (AvgIpc) is 2.90. The molecule has 0 aromatic heterocycles. The van der Waals surface area contributed by atoms with Crippen LogP contribution in [0.5, 0.6) is 0 Å². The molecule has 0 saturated carbocycles. The molecule has 0 aromatic rings. The summed E-state index contributed by atoms with van der Waals surface area (Å²) in [6, 6.07) is 1.71. The van der Waals surface area contributed by atoms with E-state index in [1.165, 1.54) is 64.8 Å². The predicted molar refractivity (Wildman–Crippen MR) is 75.8 cm³/mol. The molecule has 3 atom stereocenters. The van der Waals surface area contributed by atoms with Gasteiger partial charge in [0.1, 0.15) is 0 Å². The molecular formula is C15H29N3. The second-order valence-corrected chi connectivity index (χ2v) is 6.85. The SMILES string of the molecule is CCC1(CN2CCC3CCC(C2)N3C)CCNC1. The molecule has 3 aliphatic rings. The third-order valence-corrected chi connectivity index (χ3v) is 5.87. The molecule has 3 heteroatoms. The third-order valence-electron chi connectivity index (χ3n) is 5.87. The van der Waals surface area contributed by atoms with Crippen molar-refractivity contribution in [2.45, 2.75) is 51.1 Å². The van der Waals surface area contributed by atoms with Crippen LogP contribution in [-0.2, 0) is 0 Å². The fraction of sp³-hybridized carbons (Fsp3) is 1.00. The van der Waals surface area contributed by atoms with E-state index in [9.17, 15) is 0 Å². The summed E-state index contributed by atoms with van der Waals surface area (Å²) in [4.78, 5) is 5.43. The Hall–Kier alpha value is -0.120. The number of likely N-dealkylation sites (N-methyl/N-ethyl adjacent to an activating group) is 1. The zero-order valence-corrected chi connectivity index (χ0v) is 12.1. The number of likely N-dealkylation sites (tertiary alicyclic amines) is 1. The number of fused-ring (bicyclic) bond motifs is 2. The first-order chi connectivity index (χ1) is 8.72. The third kappa shape index (κ3) is 2.33. The molecule has 3 unspecified atom stereocenters. The van der Waals surface area contributed by atoms with Crippen molar-refractivity contribution in [3.63, 3.8) is 0 Å². The van der Waals surface area contributed by atoms with E-state index in [4.69, 9.17) is 0 Å². The molecule has 0 amide bonds. The number of rotatable bonds is 3. The van der Waals surface area contributed by atoms with E-state index in [2.05, 4.69) is 29.1 Å². The second-order valence-electron chi connectivity index (χ2n) is 6.85. The van der Waals surface area contributed by atoms with Crippen LogP contribution in [-0.4, -0.2) is 61.7 Å². The maximum atomic E-state index is 3.57. The standard InChI is InChI=1S/C15H29N3/c1-3-15(7-8-16-11-15)12-18-9-6-13-4-5-14(10-18)17(13)2/h13-14,16H,3-12H2,1-2H3. The van der Waals surface area contributed by atoms with Crippen LogP contribution >= 0.6 is 0 Å². The van der Waals surface area contributed by atoms with Crippen molar-refractivity contribution < 1.29 is 0 Å². The van der Waals surface area contributed by atoms with Crippen molar-refractivity contribution in [3.8, 4) is 0 Å². The molecule has 18 heavy (non-hydrogen) atoms. The van der Waals surface area contributed by atoms with Gasteiger partial charge in [0, 0.05) is 31.7 Å². The maximum Gasteiger partial charge on any atom is 0.0223 e. The van der Waals surface area contributed by atoms with Gasteiger partial charge < -0.3 is 10.2 Å². The van der Waals surface area contributed by atoms with Gasteiger partial charge in [0.15, 0.2) is 0 Å². The monoisotopic (exact) mass is 251 g/mol. The Morgan fingerprint density at radius 3 is 2.78 bits per heavy atom. The number of hydrogen-bond acceptors (Lipinski definition) is 3. The van der Waals surface area contributed by atoms with Crippen LogP contribution < -0.4 is 5.32 Å². The summed E-state index contributed by atoms with van der Waals surface area (Å²) in [7, 11) is 2.35. The quantitative estimate of drug-likeness (QED) is 0.821. The molecule has 3 fully saturated rings. The first-order valence-corrected chi connectivity index (χ1v) is 7.87. The van der Waals surface area contributed by atoms with Gasteiger partial charge in [-0.15, -0.1) is 0 Å². The molecular weight excluding hydrogens is 222 g/mol. The molecule has 3 heterocycles. The normalized spacial score (nSPS) is 42.3. The fourth-order valence-electron chi connectivity index (χ4n) is 4.34. The van der Waals surface area contributed by atoms with E-state index >= 15 is 0 Å². The molecule has 0 aliphatic carbocycles. The summed E-state index contributed by atoms with van der Waals surface area (Å²) in [5, 5.41) is 3.57. The zero-order valence-electron chi connectivity index (χ0n) is 12.1. The van der Waals surface area contributed by atoms with Crippen LogP contribution in [0.4, 0.5) is 0 Å². The van der Waals surface area contributed by atoms with Crippen LogP contribution in [0.2, 0.25) is 0 Å². The van der Waals surface area contributed by atoms with Crippen molar-refractivity contribution >= 4 is 0 Å². The first-order valence-electron chi connectivity index (χ1n) is 7.87. The van der Waals surface area contributed by atoms with Crippen LogP contribution in [0.1, 0.15) is 39.0 Å². The minimum absolute atomic E-state index is 0.572. The number of hydrogen-bond donors (Lipinski definition) is 1.